The molecule has 1 N–H and O–H groups in total. The molecular formula is C23H28ClN5O. The Hall–Kier alpha value is -2.44. The molecule has 0 atom stereocenters. The summed E-state index contributed by atoms with van der Waals surface area (Å²) >= 11 is 6.06. The molecule has 0 aliphatic carbocycles. The third kappa shape index (κ3) is 4.99. The van der Waals surface area contributed by atoms with Gasteiger partial charge in [-0.3, -0.25) is 14.7 Å². The summed E-state index contributed by atoms with van der Waals surface area (Å²) in [6.07, 6.45) is 4.28. The minimum Gasteiger partial charge on any atom is -0.311 e. The smallest absolute Gasteiger partial charge is 0.225 e. The van der Waals surface area contributed by atoms with E-state index in [0.29, 0.717) is 18.4 Å². The topological polar surface area (TPSA) is 63.1 Å². The number of carbonyl (C=O) groups excluding carboxylic acids is 1. The fourth-order valence-electron chi connectivity index (χ4n) is 4.05. The minimum atomic E-state index is 0.0489. The van der Waals surface area contributed by atoms with Gasteiger partial charge in [0.25, 0.3) is 0 Å². The van der Waals surface area contributed by atoms with E-state index in [1.165, 1.54) is 0 Å². The molecule has 2 aromatic heterocycles. The average Bonchev–Trinajstić information content (AvgIpc) is 3.16. The van der Waals surface area contributed by atoms with Crippen molar-refractivity contribution in [2.75, 3.05) is 18.4 Å². The van der Waals surface area contributed by atoms with Gasteiger partial charge in [-0.05, 0) is 43.0 Å². The lowest BCUT2D eigenvalue weighted by Gasteiger charge is -2.32. The van der Waals surface area contributed by atoms with Gasteiger partial charge in [0, 0.05) is 42.5 Å². The molecule has 0 unspecified atom stereocenters. The van der Waals surface area contributed by atoms with E-state index in [0.717, 1.165) is 59.9 Å². The van der Waals surface area contributed by atoms with Crippen molar-refractivity contribution in [3.63, 3.8) is 0 Å². The Morgan fingerprint density at radius 2 is 2.00 bits per heavy atom. The van der Waals surface area contributed by atoms with Gasteiger partial charge in [-0.25, -0.2) is 4.68 Å². The molecule has 4 rings (SSSR count). The number of amides is 1. The number of likely N-dealkylation sites (tertiary alicyclic amines) is 1. The predicted octanol–water partition coefficient (Wildman–Crippen LogP) is 4.91. The van der Waals surface area contributed by atoms with Gasteiger partial charge < -0.3 is 5.32 Å². The number of nitrogens with zero attached hydrogens (tertiary/aromatic N) is 4. The van der Waals surface area contributed by atoms with Crippen LogP contribution in [-0.4, -0.2) is 38.7 Å². The highest BCUT2D eigenvalue weighted by Crippen LogP contribution is 2.27. The fourth-order valence-corrected chi connectivity index (χ4v) is 4.23. The van der Waals surface area contributed by atoms with Crippen LogP contribution in [0.25, 0.3) is 10.9 Å². The second-order valence-electron chi connectivity index (χ2n) is 8.45. The summed E-state index contributed by atoms with van der Waals surface area (Å²) in [7, 11) is 0. The van der Waals surface area contributed by atoms with Gasteiger partial charge in [0.2, 0.25) is 5.91 Å². The molecule has 0 bridgehead atoms. The number of hydrogen-bond acceptors (Lipinski definition) is 4. The number of benzene rings is 1. The fraction of sp³-hybridized carbons (Fsp3) is 0.435. The van der Waals surface area contributed by atoms with Crippen LogP contribution in [0.2, 0.25) is 5.02 Å². The van der Waals surface area contributed by atoms with E-state index in [4.69, 9.17) is 16.6 Å². The van der Waals surface area contributed by atoms with Crippen molar-refractivity contribution in [2.45, 2.75) is 45.7 Å². The van der Waals surface area contributed by atoms with Crippen LogP contribution in [0.15, 0.2) is 42.6 Å². The Morgan fingerprint density at radius 3 is 2.77 bits per heavy atom. The first kappa shape index (κ1) is 20.8. The second kappa shape index (κ2) is 9.14. The molecule has 0 saturated carbocycles. The quantitative estimate of drug-likeness (QED) is 0.609. The molecule has 0 spiro atoms. The second-order valence-corrected chi connectivity index (χ2v) is 8.89. The Kier molecular flexibility index (Phi) is 6.35. The van der Waals surface area contributed by atoms with Crippen molar-refractivity contribution in [3.8, 4) is 0 Å². The molecule has 1 amide bonds. The van der Waals surface area contributed by atoms with Gasteiger partial charge in [0.05, 0.1) is 23.4 Å². The number of halogens is 1. The van der Waals surface area contributed by atoms with E-state index in [2.05, 4.69) is 27.4 Å². The summed E-state index contributed by atoms with van der Waals surface area (Å²) in [6.45, 7) is 6.88. The molecule has 0 radical (unpaired) electrons. The van der Waals surface area contributed by atoms with E-state index in [1.807, 2.05) is 42.8 Å². The van der Waals surface area contributed by atoms with Crippen LogP contribution >= 0.6 is 11.6 Å². The molecule has 1 fully saturated rings. The first-order valence-electron chi connectivity index (χ1n) is 10.6. The van der Waals surface area contributed by atoms with E-state index in [-0.39, 0.29) is 5.91 Å². The molecule has 30 heavy (non-hydrogen) atoms. The zero-order chi connectivity index (χ0) is 21.1. The van der Waals surface area contributed by atoms with Crippen molar-refractivity contribution in [1.82, 2.24) is 19.7 Å². The Labute approximate surface area is 182 Å². The SMILES string of the molecule is CC(C)CC(=O)Nc1ccnn1C1CCN(Cc2ccc3cc(Cl)ccc3n2)CC1. The van der Waals surface area contributed by atoms with Crippen LogP contribution < -0.4 is 5.32 Å². The van der Waals surface area contributed by atoms with Crippen molar-refractivity contribution in [1.29, 1.82) is 0 Å². The first-order chi connectivity index (χ1) is 14.5. The molecule has 3 heterocycles. The largest absolute Gasteiger partial charge is 0.311 e. The number of pyridine rings is 1. The van der Waals surface area contributed by atoms with Crippen molar-refractivity contribution >= 4 is 34.2 Å². The molecule has 1 saturated heterocycles. The Balaban J connectivity index is 1.35. The number of aromatic nitrogens is 3. The maximum Gasteiger partial charge on any atom is 0.225 e. The number of hydrogen-bond donors (Lipinski definition) is 1. The van der Waals surface area contributed by atoms with Gasteiger partial charge in [-0.2, -0.15) is 5.10 Å². The first-order valence-corrected chi connectivity index (χ1v) is 11.0. The van der Waals surface area contributed by atoms with Crippen LogP contribution in [0, 0.1) is 5.92 Å². The monoisotopic (exact) mass is 425 g/mol. The number of piperidine rings is 1. The Bertz CT molecular complexity index is 1020. The summed E-state index contributed by atoms with van der Waals surface area (Å²) in [5.74, 6) is 1.19. The van der Waals surface area contributed by atoms with E-state index >= 15 is 0 Å². The Morgan fingerprint density at radius 1 is 1.20 bits per heavy atom. The standard InChI is InChI=1S/C23H28ClN5O/c1-16(2)13-23(30)27-22-7-10-25-29(22)20-8-11-28(12-9-20)15-19-5-3-17-14-18(24)4-6-21(17)26-19/h3-7,10,14,16,20H,8-9,11-13,15H2,1-2H3,(H,27,30). The van der Waals surface area contributed by atoms with E-state index in [1.54, 1.807) is 6.20 Å². The highest BCUT2D eigenvalue weighted by molar-refractivity contribution is 6.31. The summed E-state index contributed by atoms with van der Waals surface area (Å²) in [5.41, 5.74) is 2.05. The van der Waals surface area contributed by atoms with Crippen LogP contribution in [0.1, 0.15) is 44.8 Å². The summed E-state index contributed by atoms with van der Waals surface area (Å²) in [5, 5.41) is 9.30. The van der Waals surface area contributed by atoms with Gasteiger partial charge in [0.15, 0.2) is 0 Å². The maximum absolute atomic E-state index is 12.1. The molecule has 158 valence electrons. The highest BCUT2D eigenvalue weighted by Gasteiger charge is 2.23. The van der Waals surface area contributed by atoms with Crippen LogP contribution in [-0.2, 0) is 11.3 Å². The maximum atomic E-state index is 12.1. The summed E-state index contributed by atoms with van der Waals surface area (Å²) in [4.78, 5) is 19.4. The minimum absolute atomic E-state index is 0.0489. The third-order valence-corrected chi connectivity index (χ3v) is 5.76. The zero-order valence-corrected chi connectivity index (χ0v) is 18.3. The number of carbonyl (C=O) groups is 1. The van der Waals surface area contributed by atoms with Gasteiger partial charge in [0.1, 0.15) is 5.82 Å². The third-order valence-electron chi connectivity index (χ3n) is 5.53. The van der Waals surface area contributed by atoms with E-state index in [9.17, 15) is 4.79 Å². The normalized spacial score (nSPS) is 15.7. The molecule has 6 nitrogen and oxygen atoms in total. The molecular weight excluding hydrogens is 398 g/mol. The van der Waals surface area contributed by atoms with Crippen molar-refractivity contribution < 1.29 is 4.79 Å². The molecule has 3 aromatic rings. The molecule has 1 aliphatic rings. The molecule has 1 aromatic carbocycles. The van der Waals surface area contributed by atoms with Crippen LogP contribution in [0.4, 0.5) is 5.82 Å². The number of rotatable bonds is 6. The predicted molar refractivity (Wildman–Crippen MR) is 121 cm³/mol. The van der Waals surface area contributed by atoms with Gasteiger partial charge in [-0.15, -0.1) is 0 Å². The average molecular weight is 426 g/mol. The lowest BCUT2D eigenvalue weighted by Crippen LogP contribution is -2.35. The lowest BCUT2D eigenvalue weighted by molar-refractivity contribution is -0.116. The molecule has 1 aliphatic heterocycles. The summed E-state index contributed by atoms with van der Waals surface area (Å²) < 4.78 is 1.98. The zero-order valence-electron chi connectivity index (χ0n) is 17.5. The van der Waals surface area contributed by atoms with Crippen LogP contribution in [0.3, 0.4) is 0 Å². The van der Waals surface area contributed by atoms with Gasteiger partial charge >= 0.3 is 0 Å². The van der Waals surface area contributed by atoms with Gasteiger partial charge in [-0.1, -0.05) is 31.5 Å². The van der Waals surface area contributed by atoms with Crippen LogP contribution in [0.5, 0.6) is 0 Å². The lowest BCUT2D eigenvalue weighted by atomic mass is 10.0. The van der Waals surface area contributed by atoms with Crippen molar-refractivity contribution in [2.24, 2.45) is 5.92 Å². The summed E-state index contributed by atoms with van der Waals surface area (Å²) in [6, 6.07) is 12.2. The highest BCUT2D eigenvalue weighted by atomic mass is 35.5. The molecule has 7 heteroatoms. The van der Waals surface area contributed by atoms with Crippen molar-refractivity contribution in [3.05, 3.63) is 53.3 Å². The number of nitrogens with one attached hydrogen (secondary N) is 1. The van der Waals surface area contributed by atoms with E-state index < -0.39 is 0 Å². The number of fused-ring (bicyclic) bond motifs is 1. The number of anilines is 1.